The van der Waals surface area contributed by atoms with Crippen molar-refractivity contribution in [2.24, 2.45) is 17.6 Å². The van der Waals surface area contributed by atoms with Gasteiger partial charge in [0.25, 0.3) is 0 Å². The van der Waals surface area contributed by atoms with Crippen LogP contribution >= 0.6 is 12.4 Å². The van der Waals surface area contributed by atoms with E-state index in [-0.39, 0.29) is 18.3 Å². The molecule has 4 nitrogen and oxygen atoms in total. The monoisotopic (exact) mass is 303 g/mol. The summed E-state index contributed by atoms with van der Waals surface area (Å²) in [6.45, 7) is 5.68. The predicted molar refractivity (Wildman–Crippen MR) is 85.0 cm³/mol. The molecule has 1 heterocycles. The molecule has 2 N–H and O–H groups in total. The maximum Gasteiger partial charge on any atom is 0.236 e. The van der Waals surface area contributed by atoms with Crippen LogP contribution in [0.2, 0.25) is 0 Å². The Hall–Kier alpha value is -0.320. The van der Waals surface area contributed by atoms with Gasteiger partial charge in [-0.15, -0.1) is 12.4 Å². The van der Waals surface area contributed by atoms with Crippen LogP contribution in [-0.2, 0) is 4.79 Å². The normalized spacial score (nSPS) is 30.9. The average Bonchev–Trinajstić information content (AvgIpc) is 2.86. The molecule has 118 valence electrons. The lowest BCUT2D eigenvalue weighted by atomic mass is 9.87. The van der Waals surface area contributed by atoms with E-state index in [0.717, 1.165) is 32.0 Å². The molecule has 1 atom stereocenters. The van der Waals surface area contributed by atoms with Gasteiger partial charge in [-0.2, -0.15) is 0 Å². The third-order valence-electron chi connectivity index (χ3n) is 4.99. The highest BCUT2D eigenvalue weighted by molar-refractivity contribution is 5.85. The number of likely N-dealkylation sites (tertiary alicyclic amines) is 1. The molecule has 0 aromatic carbocycles. The van der Waals surface area contributed by atoms with Gasteiger partial charge in [0.05, 0.1) is 6.54 Å². The topological polar surface area (TPSA) is 49.6 Å². The number of likely N-dealkylation sites (N-methyl/N-ethyl adjacent to an activating group) is 1. The van der Waals surface area contributed by atoms with Crippen molar-refractivity contribution in [3.63, 3.8) is 0 Å². The number of carbonyl (C=O) groups is 1. The van der Waals surface area contributed by atoms with E-state index in [9.17, 15) is 4.79 Å². The van der Waals surface area contributed by atoms with Gasteiger partial charge in [-0.1, -0.05) is 6.92 Å². The lowest BCUT2D eigenvalue weighted by Crippen LogP contribution is -2.44. The largest absolute Gasteiger partial charge is 0.342 e. The molecule has 1 saturated carbocycles. The van der Waals surface area contributed by atoms with Crippen LogP contribution in [0.15, 0.2) is 0 Å². The van der Waals surface area contributed by atoms with E-state index in [2.05, 4.69) is 11.8 Å². The van der Waals surface area contributed by atoms with Crippen molar-refractivity contribution in [1.29, 1.82) is 0 Å². The van der Waals surface area contributed by atoms with Crippen LogP contribution in [0.25, 0.3) is 0 Å². The second-order valence-electron chi connectivity index (χ2n) is 6.54. The molecule has 1 aliphatic heterocycles. The van der Waals surface area contributed by atoms with Crippen molar-refractivity contribution < 1.29 is 4.79 Å². The van der Waals surface area contributed by atoms with E-state index in [1.54, 1.807) is 0 Å². The second kappa shape index (κ2) is 8.20. The van der Waals surface area contributed by atoms with E-state index < -0.39 is 0 Å². The summed E-state index contributed by atoms with van der Waals surface area (Å²) >= 11 is 0. The Labute approximate surface area is 129 Å². The number of nitrogens with two attached hydrogens (primary N) is 1. The molecule has 0 aromatic heterocycles. The zero-order valence-corrected chi connectivity index (χ0v) is 13.7. The number of nitrogens with zero attached hydrogens (tertiary/aromatic N) is 2. The summed E-state index contributed by atoms with van der Waals surface area (Å²) in [5, 5.41) is 0. The molecular formula is C15H30ClN3O. The van der Waals surface area contributed by atoms with Crippen LogP contribution < -0.4 is 5.73 Å². The summed E-state index contributed by atoms with van der Waals surface area (Å²) in [5.41, 5.74) is 5.69. The molecule has 0 bridgehead atoms. The summed E-state index contributed by atoms with van der Waals surface area (Å²) in [7, 11) is 1.99. The van der Waals surface area contributed by atoms with Gasteiger partial charge in [-0.05, 0) is 57.0 Å². The van der Waals surface area contributed by atoms with Gasteiger partial charge in [-0.25, -0.2) is 0 Å². The van der Waals surface area contributed by atoms with Crippen LogP contribution in [0.1, 0.15) is 39.0 Å². The molecule has 0 radical (unpaired) electrons. The highest BCUT2D eigenvalue weighted by Crippen LogP contribution is 2.26. The molecule has 5 heteroatoms. The van der Waals surface area contributed by atoms with Crippen LogP contribution in [0.3, 0.4) is 0 Å². The van der Waals surface area contributed by atoms with Crippen molar-refractivity contribution >= 4 is 18.3 Å². The number of hydrogen-bond donors (Lipinski definition) is 1. The minimum Gasteiger partial charge on any atom is -0.342 e. The van der Waals surface area contributed by atoms with Gasteiger partial charge < -0.3 is 10.6 Å². The Balaban J connectivity index is 0.00000200. The molecule has 1 amide bonds. The zero-order chi connectivity index (χ0) is 13.8. The van der Waals surface area contributed by atoms with Crippen LogP contribution in [0, 0.1) is 11.8 Å². The molecule has 1 saturated heterocycles. The summed E-state index contributed by atoms with van der Waals surface area (Å²) in [4.78, 5) is 16.6. The first-order chi connectivity index (χ1) is 9.10. The van der Waals surface area contributed by atoms with Crippen molar-refractivity contribution in [3.8, 4) is 0 Å². The lowest BCUT2D eigenvalue weighted by Gasteiger charge is -2.34. The van der Waals surface area contributed by atoms with Gasteiger partial charge in [0, 0.05) is 19.6 Å². The summed E-state index contributed by atoms with van der Waals surface area (Å²) in [6, 6.07) is 0.469. The first-order valence-electron chi connectivity index (χ1n) is 7.78. The Bertz CT molecular complexity index is 305. The van der Waals surface area contributed by atoms with Crippen LogP contribution in [0.5, 0.6) is 0 Å². The predicted octanol–water partition coefficient (Wildman–Crippen LogP) is 1.73. The van der Waals surface area contributed by atoms with Crippen molar-refractivity contribution in [2.45, 2.75) is 45.1 Å². The third kappa shape index (κ3) is 4.61. The fourth-order valence-electron chi connectivity index (χ4n) is 3.39. The zero-order valence-electron chi connectivity index (χ0n) is 12.9. The summed E-state index contributed by atoms with van der Waals surface area (Å²) < 4.78 is 0. The number of halogens is 1. The molecule has 2 fully saturated rings. The van der Waals surface area contributed by atoms with Gasteiger partial charge in [0.2, 0.25) is 5.91 Å². The molecule has 0 aromatic rings. The number of hydrogen-bond acceptors (Lipinski definition) is 3. The lowest BCUT2D eigenvalue weighted by molar-refractivity contribution is -0.133. The minimum atomic E-state index is 0. The maximum atomic E-state index is 12.3. The Morgan fingerprint density at radius 3 is 2.45 bits per heavy atom. The standard InChI is InChI=1S/C15H29N3O.ClH/c1-12-3-5-14(6-4-12)17(2)15(19)11-18-8-7-13(9-16)10-18;/h12-14H,3-11,16H2,1-2H3;1H. The SMILES string of the molecule is CC1CCC(N(C)C(=O)CN2CCC(CN)C2)CC1.Cl. The fourth-order valence-corrected chi connectivity index (χ4v) is 3.39. The fraction of sp³-hybridized carbons (Fsp3) is 0.933. The highest BCUT2D eigenvalue weighted by atomic mass is 35.5. The Kier molecular flexibility index (Phi) is 7.27. The third-order valence-corrected chi connectivity index (χ3v) is 4.99. The Morgan fingerprint density at radius 2 is 1.90 bits per heavy atom. The molecular weight excluding hydrogens is 274 g/mol. The molecule has 2 aliphatic rings. The van der Waals surface area contributed by atoms with E-state index in [4.69, 9.17) is 5.73 Å². The van der Waals surface area contributed by atoms with Gasteiger partial charge in [0.1, 0.15) is 0 Å². The molecule has 2 rings (SSSR count). The van der Waals surface area contributed by atoms with Crippen LogP contribution in [-0.4, -0.2) is 55.0 Å². The molecule has 1 unspecified atom stereocenters. The summed E-state index contributed by atoms with van der Waals surface area (Å²) in [6.07, 6.45) is 6.03. The molecule has 1 aliphatic carbocycles. The van der Waals surface area contributed by atoms with Gasteiger partial charge >= 0.3 is 0 Å². The van der Waals surface area contributed by atoms with Gasteiger partial charge in [-0.3, -0.25) is 9.69 Å². The number of rotatable bonds is 4. The first-order valence-corrected chi connectivity index (χ1v) is 7.78. The maximum absolute atomic E-state index is 12.3. The highest BCUT2D eigenvalue weighted by Gasteiger charge is 2.28. The quantitative estimate of drug-likeness (QED) is 0.860. The summed E-state index contributed by atoms with van der Waals surface area (Å²) in [5.74, 6) is 1.72. The van der Waals surface area contributed by atoms with E-state index >= 15 is 0 Å². The van der Waals surface area contributed by atoms with Crippen molar-refractivity contribution in [3.05, 3.63) is 0 Å². The van der Waals surface area contributed by atoms with Gasteiger partial charge in [0.15, 0.2) is 0 Å². The van der Waals surface area contributed by atoms with Crippen LogP contribution in [0.4, 0.5) is 0 Å². The van der Waals surface area contributed by atoms with E-state index in [1.165, 1.54) is 25.7 Å². The van der Waals surface area contributed by atoms with Crippen molar-refractivity contribution in [1.82, 2.24) is 9.80 Å². The molecule has 0 spiro atoms. The first kappa shape index (κ1) is 17.7. The van der Waals surface area contributed by atoms with Crippen molar-refractivity contribution in [2.75, 3.05) is 33.2 Å². The number of amides is 1. The smallest absolute Gasteiger partial charge is 0.236 e. The average molecular weight is 304 g/mol. The van der Waals surface area contributed by atoms with E-state index in [0.29, 0.717) is 18.5 Å². The second-order valence-corrected chi connectivity index (χ2v) is 6.54. The van der Waals surface area contributed by atoms with E-state index in [1.807, 2.05) is 11.9 Å². The minimum absolute atomic E-state index is 0. The molecule has 20 heavy (non-hydrogen) atoms. The number of carbonyl (C=O) groups excluding carboxylic acids is 1. The Morgan fingerprint density at radius 1 is 1.25 bits per heavy atom.